The van der Waals surface area contributed by atoms with Crippen molar-refractivity contribution in [1.82, 2.24) is 0 Å². The van der Waals surface area contributed by atoms with Crippen LogP contribution in [0.3, 0.4) is 0 Å². The Labute approximate surface area is 150 Å². The molecule has 0 bridgehead atoms. The van der Waals surface area contributed by atoms with Gasteiger partial charge >= 0.3 is 74.4 Å². The van der Waals surface area contributed by atoms with Crippen LogP contribution in [0.25, 0.3) is 0 Å². The van der Waals surface area contributed by atoms with Crippen molar-refractivity contribution in [2.75, 3.05) is 6.61 Å². The number of aliphatic hydroxyl groups excluding tert-OH is 5. The second kappa shape index (κ2) is 13.1. The number of carboxylic acids is 1. The minimum absolute atomic E-state index is 0. The van der Waals surface area contributed by atoms with E-state index in [1.807, 2.05) is 0 Å². The van der Waals surface area contributed by atoms with Crippen molar-refractivity contribution in [3.05, 3.63) is 0 Å². The van der Waals surface area contributed by atoms with Crippen LogP contribution in [0.1, 0.15) is 0 Å². The number of hydrogen-bond acceptors (Lipinski definition) is 8. The predicted octanol–water partition coefficient (Wildman–Crippen LogP) is -8.38. The molecule has 16 heavy (non-hydrogen) atoms. The van der Waals surface area contributed by atoms with Gasteiger partial charge < -0.3 is 40.9 Å². The van der Waals surface area contributed by atoms with Crippen LogP contribution >= 0.6 is 0 Å². The molecule has 0 amide bonds. The number of aliphatic hydroxyl groups is 5. The molecule has 0 unspecified atom stereocenters. The maximum atomic E-state index is 9.98. The van der Waals surface area contributed by atoms with Gasteiger partial charge in [-0.3, -0.25) is 0 Å². The zero-order valence-electron chi connectivity index (χ0n) is 8.72. The first-order valence-corrected chi connectivity index (χ1v) is 3.45. The molecule has 0 aliphatic carbocycles. The standard InChI is InChI=1S/C6H12O7.K.Mg.H2O/c7-1-2(8)3(9)4(10)5(11)6(12)13;;;/h2-5,7-11H,1H2,(H,12,13);;;1H2/q;+1;+2;/p-2/t2-,3-,4+,5-;;;/m1.../s1. The maximum Gasteiger partial charge on any atom is 2.00 e. The van der Waals surface area contributed by atoms with E-state index in [0.29, 0.717) is 0 Å². The molecule has 0 aliphatic rings. The fraction of sp³-hybridized carbons (Fsp3) is 0.833. The van der Waals surface area contributed by atoms with Gasteiger partial charge in [0, 0.05) is 0 Å². The summed E-state index contributed by atoms with van der Waals surface area (Å²) in [5.41, 5.74) is 0. The molecule has 10 heteroatoms. The molecule has 6 N–H and O–H groups in total. The number of rotatable bonds is 5. The minimum Gasteiger partial charge on any atom is -0.870 e. The van der Waals surface area contributed by atoms with Crippen LogP contribution in [-0.4, -0.2) is 91.1 Å². The van der Waals surface area contributed by atoms with E-state index in [1.165, 1.54) is 0 Å². The molecular formula is C6H12KMgO8+. The van der Waals surface area contributed by atoms with Gasteiger partial charge in [0.1, 0.15) is 24.4 Å². The molecule has 0 rings (SSSR count). The number of hydrogen-bond donors (Lipinski definition) is 5. The van der Waals surface area contributed by atoms with E-state index in [9.17, 15) is 9.90 Å². The zero-order chi connectivity index (χ0) is 10.6. The molecule has 8 nitrogen and oxygen atoms in total. The van der Waals surface area contributed by atoms with Gasteiger partial charge in [0.25, 0.3) is 0 Å². The Morgan fingerprint density at radius 3 is 1.75 bits per heavy atom. The second-order valence-corrected chi connectivity index (χ2v) is 2.49. The van der Waals surface area contributed by atoms with E-state index in [1.54, 1.807) is 0 Å². The zero-order valence-corrected chi connectivity index (χ0v) is 13.3. The van der Waals surface area contributed by atoms with Gasteiger partial charge in [0.05, 0.1) is 12.6 Å². The summed E-state index contributed by atoms with van der Waals surface area (Å²) in [6.45, 7) is -0.863. The van der Waals surface area contributed by atoms with Crippen LogP contribution in [0, 0.1) is 0 Å². The predicted molar refractivity (Wildman–Crippen MR) is 43.8 cm³/mol. The van der Waals surface area contributed by atoms with Crippen molar-refractivity contribution in [3.63, 3.8) is 0 Å². The fourth-order valence-corrected chi connectivity index (χ4v) is 0.662. The largest absolute Gasteiger partial charge is 2.00 e. The normalized spacial score (nSPS) is 16.6. The number of carbonyl (C=O) groups excluding carboxylic acids is 1. The first-order chi connectivity index (χ1) is 5.91. The Morgan fingerprint density at radius 1 is 1.12 bits per heavy atom. The van der Waals surface area contributed by atoms with Crippen LogP contribution in [0.2, 0.25) is 0 Å². The molecule has 4 atom stereocenters. The fourth-order valence-electron chi connectivity index (χ4n) is 0.662. The molecule has 0 heterocycles. The maximum absolute atomic E-state index is 9.98. The molecule has 0 fully saturated rings. The average molecular weight is 276 g/mol. The van der Waals surface area contributed by atoms with Crippen molar-refractivity contribution < 1.29 is 92.3 Å². The smallest absolute Gasteiger partial charge is 0.870 e. The summed E-state index contributed by atoms with van der Waals surface area (Å²) in [6, 6.07) is 0. The Morgan fingerprint density at radius 2 is 1.50 bits per heavy atom. The molecule has 0 aromatic rings. The number of carbonyl (C=O) groups is 1. The van der Waals surface area contributed by atoms with E-state index >= 15 is 0 Å². The van der Waals surface area contributed by atoms with Crippen molar-refractivity contribution >= 4 is 29.0 Å². The van der Waals surface area contributed by atoms with Gasteiger partial charge in [-0.2, -0.15) is 0 Å². The summed E-state index contributed by atoms with van der Waals surface area (Å²) in [4.78, 5) is 9.98. The van der Waals surface area contributed by atoms with Gasteiger partial charge in [-0.15, -0.1) is 0 Å². The molecule has 0 aromatic carbocycles. The molecule has 0 spiro atoms. The van der Waals surface area contributed by atoms with Crippen molar-refractivity contribution in [2.24, 2.45) is 0 Å². The molecule has 0 aliphatic heterocycles. The Hall–Kier alpha value is 1.63. The van der Waals surface area contributed by atoms with Gasteiger partial charge in [0.15, 0.2) is 0 Å². The van der Waals surface area contributed by atoms with Gasteiger partial charge in [-0.05, 0) is 0 Å². The first-order valence-electron chi connectivity index (χ1n) is 3.45. The van der Waals surface area contributed by atoms with Crippen LogP contribution in [-0.2, 0) is 4.79 Å². The summed E-state index contributed by atoms with van der Waals surface area (Å²) in [6.07, 6.45) is -8.08. The third-order valence-electron chi connectivity index (χ3n) is 1.50. The Balaban J connectivity index is -0.000000240. The van der Waals surface area contributed by atoms with Crippen LogP contribution in [0.4, 0.5) is 0 Å². The summed E-state index contributed by atoms with van der Waals surface area (Å²) in [5.74, 6) is -1.98. The van der Waals surface area contributed by atoms with E-state index < -0.39 is 37.0 Å². The van der Waals surface area contributed by atoms with Gasteiger partial charge in [0.2, 0.25) is 0 Å². The molecule has 0 saturated carbocycles. The van der Waals surface area contributed by atoms with Crippen molar-refractivity contribution in [3.8, 4) is 0 Å². The summed E-state index contributed by atoms with van der Waals surface area (Å²) in [7, 11) is 0. The van der Waals surface area contributed by atoms with E-state index in [0.717, 1.165) is 0 Å². The molecular weight excluding hydrogens is 263 g/mol. The third-order valence-corrected chi connectivity index (χ3v) is 1.50. The van der Waals surface area contributed by atoms with Crippen LogP contribution < -0.4 is 56.5 Å². The van der Waals surface area contributed by atoms with Gasteiger partial charge in [-0.25, -0.2) is 0 Å². The van der Waals surface area contributed by atoms with Gasteiger partial charge in [-0.1, -0.05) is 0 Å². The van der Waals surface area contributed by atoms with E-state index in [-0.39, 0.29) is 79.9 Å². The summed E-state index contributed by atoms with van der Waals surface area (Å²) < 4.78 is 0. The average Bonchev–Trinajstić information content (AvgIpc) is 2.12. The molecule has 0 aromatic heterocycles. The van der Waals surface area contributed by atoms with E-state index in [4.69, 9.17) is 25.5 Å². The quantitative estimate of drug-likeness (QED) is 0.308. The third kappa shape index (κ3) is 8.68. The monoisotopic (exact) mass is 275 g/mol. The van der Waals surface area contributed by atoms with Crippen molar-refractivity contribution in [1.29, 1.82) is 0 Å². The first kappa shape index (κ1) is 26.2. The second-order valence-electron chi connectivity index (χ2n) is 2.49. The Kier molecular flexibility index (Phi) is 21.4. The molecule has 86 valence electrons. The number of aliphatic carboxylic acids is 1. The Bertz CT molecular complexity index is 182. The van der Waals surface area contributed by atoms with Crippen molar-refractivity contribution in [2.45, 2.75) is 24.4 Å². The SMILES string of the molecule is O=C([O-])[C@H](O)[C@@H](O)[C@H](O)[C@H](O)CO.[K+].[Mg+2].[OH-]. The molecule has 0 saturated heterocycles. The minimum atomic E-state index is -2.31. The van der Waals surface area contributed by atoms with Crippen LogP contribution in [0.15, 0.2) is 0 Å². The summed E-state index contributed by atoms with van der Waals surface area (Å²) in [5, 5.41) is 53.4. The summed E-state index contributed by atoms with van der Waals surface area (Å²) >= 11 is 0. The molecule has 0 radical (unpaired) electrons. The number of carboxylic acid groups (broad SMARTS) is 1. The van der Waals surface area contributed by atoms with E-state index in [2.05, 4.69) is 0 Å². The van der Waals surface area contributed by atoms with Crippen LogP contribution in [0.5, 0.6) is 0 Å². The topological polar surface area (TPSA) is 171 Å².